The second-order valence-electron chi connectivity index (χ2n) is 3.29. The molecule has 0 spiro atoms. The van der Waals surface area contributed by atoms with Crippen molar-refractivity contribution in [3.63, 3.8) is 0 Å². The molecule has 2 nitrogen and oxygen atoms in total. The van der Waals surface area contributed by atoms with Crippen molar-refractivity contribution in [3.8, 4) is 0 Å². The lowest BCUT2D eigenvalue weighted by molar-refractivity contribution is 1.26. The molecule has 3 aromatic rings. The Labute approximate surface area is 85.2 Å². The van der Waals surface area contributed by atoms with Gasteiger partial charge in [0.1, 0.15) is 4.83 Å². The molecule has 0 amide bonds. The second kappa shape index (κ2) is 2.75. The number of aromatic nitrogens is 2. The fourth-order valence-corrected chi connectivity index (χ4v) is 2.34. The van der Waals surface area contributed by atoms with Crippen LogP contribution in [0.4, 0.5) is 0 Å². The van der Waals surface area contributed by atoms with E-state index in [1.165, 1.54) is 0 Å². The van der Waals surface area contributed by atoms with Crippen molar-refractivity contribution in [2.24, 2.45) is 0 Å². The first kappa shape index (κ1) is 7.88. The highest BCUT2D eigenvalue weighted by Gasteiger charge is 2.03. The van der Waals surface area contributed by atoms with Crippen LogP contribution in [0.15, 0.2) is 29.8 Å². The number of nitrogens with zero attached hydrogens (tertiary/aromatic N) is 2. The Kier molecular flexibility index (Phi) is 1.55. The first-order chi connectivity index (χ1) is 6.84. The van der Waals surface area contributed by atoms with Crippen LogP contribution in [0.25, 0.3) is 21.1 Å². The predicted octanol–water partition coefficient (Wildman–Crippen LogP) is 3.15. The number of pyridine rings is 2. The van der Waals surface area contributed by atoms with Crippen molar-refractivity contribution in [1.29, 1.82) is 0 Å². The highest BCUT2D eigenvalue weighted by Crippen LogP contribution is 2.25. The van der Waals surface area contributed by atoms with Gasteiger partial charge < -0.3 is 0 Å². The van der Waals surface area contributed by atoms with E-state index < -0.39 is 0 Å². The van der Waals surface area contributed by atoms with Gasteiger partial charge in [-0.25, -0.2) is 4.98 Å². The summed E-state index contributed by atoms with van der Waals surface area (Å²) in [6.07, 6.45) is 1.89. The zero-order valence-corrected chi connectivity index (χ0v) is 8.51. The second-order valence-corrected chi connectivity index (χ2v) is 4.18. The summed E-state index contributed by atoms with van der Waals surface area (Å²) in [5, 5.41) is 4.33. The molecule has 3 heteroatoms. The molecule has 0 aliphatic heterocycles. The van der Waals surface area contributed by atoms with Crippen molar-refractivity contribution in [2.45, 2.75) is 6.92 Å². The molecule has 0 saturated carbocycles. The maximum atomic E-state index is 4.54. The van der Waals surface area contributed by atoms with Gasteiger partial charge in [-0.05, 0) is 30.5 Å². The molecular weight excluding hydrogens is 192 g/mol. The summed E-state index contributed by atoms with van der Waals surface area (Å²) in [5.74, 6) is 0. The van der Waals surface area contributed by atoms with Crippen LogP contribution in [0.1, 0.15) is 5.69 Å². The van der Waals surface area contributed by atoms with Crippen LogP contribution in [0.3, 0.4) is 0 Å². The number of fused-ring (bicyclic) bond motifs is 3. The summed E-state index contributed by atoms with van der Waals surface area (Å²) in [5.41, 5.74) is 2.12. The third-order valence-corrected chi connectivity index (χ3v) is 3.11. The van der Waals surface area contributed by atoms with Crippen molar-refractivity contribution in [2.75, 3.05) is 0 Å². The third kappa shape index (κ3) is 1.02. The van der Waals surface area contributed by atoms with E-state index in [4.69, 9.17) is 0 Å². The molecular formula is C11H8N2S. The number of aryl methyl sites for hydroxylation is 1. The van der Waals surface area contributed by atoms with Crippen LogP contribution in [0, 0.1) is 6.92 Å². The molecule has 0 N–H and O–H groups in total. The van der Waals surface area contributed by atoms with E-state index in [0.29, 0.717) is 0 Å². The molecule has 0 bridgehead atoms. The summed E-state index contributed by atoms with van der Waals surface area (Å²) in [6.45, 7) is 2.01. The Bertz CT molecular complexity index is 613. The van der Waals surface area contributed by atoms with Crippen molar-refractivity contribution in [3.05, 3.63) is 35.5 Å². The highest BCUT2D eigenvalue weighted by atomic mass is 32.1. The quantitative estimate of drug-likeness (QED) is 0.557. The fraction of sp³-hybridized carbons (Fsp3) is 0.0909. The van der Waals surface area contributed by atoms with Crippen molar-refractivity contribution < 1.29 is 0 Å². The molecule has 0 radical (unpaired) electrons. The first-order valence-electron chi connectivity index (χ1n) is 4.44. The monoisotopic (exact) mass is 200 g/mol. The molecule has 0 aliphatic carbocycles. The van der Waals surface area contributed by atoms with E-state index in [1.54, 1.807) is 11.3 Å². The minimum atomic E-state index is 1.05. The van der Waals surface area contributed by atoms with Gasteiger partial charge in [-0.3, -0.25) is 4.98 Å². The topological polar surface area (TPSA) is 25.8 Å². The zero-order valence-electron chi connectivity index (χ0n) is 7.69. The lowest BCUT2D eigenvalue weighted by Gasteiger charge is -1.99. The van der Waals surface area contributed by atoms with Crippen LogP contribution >= 0.6 is 11.3 Å². The Morgan fingerprint density at radius 3 is 3.07 bits per heavy atom. The summed E-state index contributed by atoms with van der Waals surface area (Å²) < 4.78 is 0. The van der Waals surface area contributed by atoms with E-state index in [1.807, 2.05) is 19.2 Å². The lowest BCUT2D eigenvalue weighted by atomic mass is 10.2. The van der Waals surface area contributed by atoms with Gasteiger partial charge in [-0.1, -0.05) is 0 Å². The highest BCUT2D eigenvalue weighted by molar-refractivity contribution is 7.16. The molecule has 3 heterocycles. The van der Waals surface area contributed by atoms with E-state index in [2.05, 4.69) is 27.5 Å². The summed E-state index contributed by atoms with van der Waals surface area (Å²) >= 11 is 1.66. The van der Waals surface area contributed by atoms with Crippen LogP contribution in [-0.4, -0.2) is 9.97 Å². The van der Waals surface area contributed by atoms with E-state index in [9.17, 15) is 0 Å². The molecule has 14 heavy (non-hydrogen) atoms. The smallest absolute Gasteiger partial charge is 0.125 e. The van der Waals surface area contributed by atoms with Crippen molar-refractivity contribution in [1.82, 2.24) is 9.97 Å². The van der Waals surface area contributed by atoms with Gasteiger partial charge in [0, 0.05) is 22.7 Å². The van der Waals surface area contributed by atoms with Crippen LogP contribution in [-0.2, 0) is 0 Å². The summed E-state index contributed by atoms with van der Waals surface area (Å²) in [7, 11) is 0. The molecule has 0 unspecified atom stereocenters. The first-order valence-corrected chi connectivity index (χ1v) is 5.32. The number of thiophene rings is 1. The van der Waals surface area contributed by atoms with Gasteiger partial charge in [-0.15, -0.1) is 11.3 Å². The standard InChI is InChI=1S/C11H8N2S/c1-7-2-3-8-6-12-11-9(4-5-14-11)10(8)13-7/h2-6H,1H3. The number of rotatable bonds is 0. The molecule has 3 rings (SSSR count). The maximum Gasteiger partial charge on any atom is 0.125 e. The lowest BCUT2D eigenvalue weighted by Crippen LogP contribution is -1.84. The molecule has 0 atom stereocenters. The molecule has 3 aromatic heterocycles. The minimum Gasteiger partial charge on any atom is -0.252 e. The van der Waals surface area contributed by atoms with Gasteiger partial charge in [-0.2, -0.15) is 0 Å². The van der Waals surface area contributed by atoms with Crippen LogP contribution in [0.2, 0.25) is 0 Å². The third-order valence-electron chi connectivity index (χ3n) is 2.29. The van der Waals surface area contributed by atoms with Crippen LogP contribution < -0.4 is 0 Å². The van der Waals surface area contributed by atoms with Gasteiger partial charge in [0.05, 0.1) is 5.52 Å². The van der Waals surface area contributed by atoms with Gasteiger partial charge in [0.2, 0.25) is 0 Å². The minimum absolute atomic E-state index is 1.05. The zero-order chi connectivity index (χ0) is 9.54. The van der Waals surface area contributed by atoms with Crippen molar-refractivity contribution >= 4 is 32.5 Å². The van der Waals surface area contributed by atoms with E-state index in [-0.39, 0.29) is 0 Å². The normalized spacial score (nSPS) is 11.2. The SMILES string of the molecule is Cc1ccc2cnc3sccc3c2n1. The average Bonchev–Trinajstić information content (AvgIpc) is 2.65. The Morgan fingerprint density at radius 2 is 2.14 bits per heavy atom. The molecule has 0 aromatic carbocycles. The molecule has 68 valence electrons. The van der Waals surface area contributed by atoms with E-state index >= 15 is 0 Å². The predicted molar refractivity (Wildman–Crippen MR) is 59.7 cm³/mol. The van der Waals surface area contributed by atoms with Gasteiger partial charge >= 0.3 is 0 Å². The summed E-state index contributed by atoms with van der Waals surface area (Å²) in [4.78, 5) is 9.99. The van der Waals surface area contributed by atoms with Gasteiger partial charge in [0.25, 0.3) is 0 Å². The van der Waals surface area contributed by atoms with Gasteiger partial charge in [0.15, 0.2) is 0 Å². The largest absolute Gasteiger partial charge is 0.252 e. The fourth-order valence-electron chi connectivity index (χ4n) is 1.60. The number of hydrogen-bond donors (Lipinski definition) is 0. The Hall–Kier alpha value is -1.48. The maximum absolute atomic E-state index is 4.54. The van der Waals surface area contributed by atoms with E-state index in [0.717, 1.165) is 26.8 Å². The average molecular weight is 200 g/mol. The summed E-state index contributed by atoms with van der Waals surface area (Å²) in [6, 6.07) is 6.17. The molecule has 0 aliphatic rings. The Balaban J connectivity index is 2.60. The Morgan fingerprint density at radius 1 is 1.21 bits per heavy atom. The molecule has 0 saturated heterocycles. The molecule has 0 fully saturated rings. The van der Waals surface area contributed by atoms with Crippen LogP contribution in [0.5, 0.6) is 0 Å². The number of hydrogen-bond acceptors (Lipinski definition) is 3.